The highest BCUT2D eigenvalue weighted by atomic mass is 35.5. The molecule has 0 atom stereocenters. The summed E-state index contributed by atoms with van der Waals surface area (Å²) in [5.74, 6) is 0.330. The van der Waals surface area contributed by atoms with Gasteiger partial charge in [0.2, 0.25) is 15.9 Å². The Hall–Kier alpha value is -3.28. The molecule has 0 aliphatic heterocycles. The third-order valence-corrected chi connectivity index (χ3v) is 6.10. The highest BCUT2D eigenvalue weighted by Gasteiger charge is 2.19. The van der Waals surface area contributed by atoms with Gasteiger partial charge in [0.25, 0.3) is 0 Å². The van der Waals surface area contributed by atoms with Crippen molar-refractivity contribution in [3.8, 4) is 23.0 Å². The number of rotatable bonds is 8. The number of hydrogen-bond acceptors (Lipinski definition) is 7. The normalized spacial score (nSPS) is 11.6. The summed E-state index contributed by atoms with van der Waals surface area (Å²) in [5.41, 5.74) is 0.954. The van der Waals surface area contributed by atoms with Gasteiger partial charge in [0.15, 0.2) is 11.5 Å². The molecule has 0 saturated heterocycles. The summed E-state index contributed by atoms with van der Waals surface area (Å²) in [5, 5.41) is 12.6. The molecule has 9 nitrogen and oxygen atoms in total. The van der Waals surface area contributed by atoms with Gasteiger partial charge in [-0.05, 0) is 36.4 Å². The van der Waals surface area contributed by atoms with Gasteiger partial charge < -0.3 is 9.47 Å². The zero-order valence-electron chi connectivity index (χ0n) is 16.7. The van der Waals surface area contributed by atoms with Crippen LogP contribution in [0.1, 0.15) is 0 Å². The molecule has 0 aliphatic carbocycles. The summed E-state index contributed by atoms with van der Waals surface area (Å²) in [6.45, 7) is -0.0330. The minimum absolute atomic E-state index is 0.00194. The molecule has 0 radical (unpaired) electrons. The lowest BCUT2D eigenvalue weighted by Crippen LogP contribution is -2.28. The molecule has 2 aromatic carbocycles. The van der Waals surface area contributed by atoms with Crippen LogP contribution in [0.5, 0.6) is 11.6 Å². The lowest BCUT2D eigenvalue weighted by Gasteiger charge is -2.11. The van der Waals surface area contributed by atoms with Crippen LogP contribution in [0.4, 0.5) is 4.39 Å². The van der Waals surface area contributed by atoms with E-state index in [-0.39, 0.29) is 34.7 Å². The van der Waals surface area contributed by atoms with Crippen LogP contribution < -0.4 is 14.2 Å². The predicted octanol–water partition coefficient (Wildman–Crippen LogP) is 2.95. The fraction of sp³-hybridized carbons (Fsp3) is 0.150. The van der Waals surface area contributed by atoms with E-state index in [2.05, 4.69) is 20.0 Å². The maximum Gasteiger partial charge on any atom is 0.244 e. The third kappa shape index (κ3) is 4.64. The van der Waals surface area contributed by atoms with Crippen molar-refractivity contribution in [3.05, 3.63) is 65.4 Å². The van der Waals surface area contributed by atoms with Crippen LogP contribution in [0, 0.1) is 5.82 Å². The Balaban J connectivity index is 1.45. The van der Waals surface area contributed by atoms with Gasteiger partial charge in [-0.25, -0.2) is 17.5 Å². The lowest BCUT2D eigenvalue weighted by molar-refractivity contribution is 0.305. The summed E-state index contributed by atoms with van der Waals surface area (Å²) in [4.78, 5) is -0.0729. The second-order valence-electron chi connectivity index (χ2n) is 6.52. The summed E-state index contributed by atoms with van der Waals surface area (Å²) < 4.78 is 53.2. The van der Waals surface area contributed by atoms with Crippen molar-refractivity contribution in [1.29, 1.82) is 0 Å². The van der Waals surface area contributed by atoms with Crippen LogP contribution in [0.2, 0.25) is 5.02 Å². The van der Waals surface area contributed by atoms with Crippen molar-refractivity contribution in [2.45, 2.75) is 4.90 Å². The predicted molar refractivity (Wildman–Crippen MR) is 115 cm³/mol. The molecule has 0 fully saturated rings. The monoisotopic (exact) mass is 477 g/mol. The van der Waals surface area contributed by atoms with Gasteiger partial charge in [-0.1, -0.05) is 23.7 Å². The van der Waals surface area contributed by atoms with Gasteiger partial charge in [-0.2, -0.15) is 4.52 Å². The number of halogens is 2. The second-order valence-corrected chi connectivity index (χ2v) is 8.69. The van der Waals surface area contributed by atoms with E-state index < -0.39 is 15.8 Å². The number of hydrogen-bond donors (Lipinski definition) is 1. The van der Waals surface area contributed by atoms with Crippen molar-refractivity contribution < 1.29 is 22.3 Å². The molecule has 0 bridgehead atoms. The summed E-state index contributed by atoms with van der Waals surface area (Å²) in [6, 6.07) is 13.4. The quantitative estimate of drug-likeness (QED) is 0.389. The fourth-order valence-corrected chi connectivity index (χ4v) is 4.37. The first-order chi connectivity index (χ1) is 15.4. The molecule has 4 rings (SSSR count). The maximum absolute atomic E-state index is 13.6. The Bertz CT molecular complexity index is 1380. The molecule has 12 heteroatoms. The Kier molecular flexibility index (Phi) is 6.21. The number of nitrogens with zero attached hydrogens (tertiary/aromatic N) is 4. The van der Waals surface area contributed by atoms with Gasteiger partial charge in [-0.15, -0.1) is 15.3 Å². The summed E-state index contributed by atoms with van der Waals surface area (Å²) >= 11 is 5.91. The molecule has 0 saturated carbocycles. The maximum atomic E-state index is 13.6. The van der Waals surface area contributed by atoms with E-state index in [4.69, 9.17) is 21.1 Å². The van der Waals surface area contributed by atoms with E-state index in [1.165, 1.54) is 42.0 Å². The smallest absolute Gasteiger partial charge is 0.244 e. The number of ether oxygens (including phenoxy) is 2. The molecule has 32 heavy (non-hydrogen) atoms. The summed E-state index contributed by atoms with van der Waals surface area (Å²) in [6.07, 6.45) is 0. The van der Waals surface area contributed by atoms with E-state index >= 15 is 0 Å². The van der Waals surface area contributed by atoms with Crippen molar-refractivity contribution in [1.82, 2.24) is 24.5 Å². The van der Waals surface area contributed by atoms with E-state index in [1.54, 1.807) is 24.3 Å². The standard InChI is InChI=1S/C20H17ClFN5O4S/c1-30-16-6-5-14(21)12-17(16)32(28,29)23-9-10-31-19-8-7-18-24-25-20(27(18)26-19)13-3-2-4-15(22)11-13/h2-8,11-12,23H,9-10H2,1H3. The van der Waals surface area contributed by atoms with Crippen LogP contribution >= 0.6 is 11.6 Å². The highest BCUT2D eigenvalue weighted by Crippen LogP contribution is 2.26. The van der Waals surface area contributed by atoms with Gasteiger partial charge in [-0.3, -0.25) is 0 Å². The number of aromatic nitrogens is 4. The number of sulfonamides is 1. The third-order valence-electron chi connectivity index (χ3n) is 4.38. The molecule has 2 aromatic heterocycles. The van der Waals surface area contributed by atoms with Crippen LogP contribution in [-0.2, 0) is 10.0 Å². The van der Waals surface area contributed by atoms with Crippen molar-refractivity contribution in [2.75, 3.05) is 20.3 Å². The van der Waals surface area contributed by atoms with Crippen LogP contribution in [0.15, 0.2) is 59.5 Å². The van der Waals surface area contributed by atoms with E-state index in [0.717, 1.165) is 0 Å². The molecule has 166 valence electrons. The molecule has 1 N–H and O–H groups in total. The molecule has 0 spiro atoms. The molecule has 2 heterocycles. The zero-order chi connectivity index (χ0) is 22.7. The first kappa shape index (κ1) is 21.9. The van der Waals surface area contributed by atoms with E-state index in [9.17, 15) is 12.8 Å². The van der Waals surface area contributed by atoms with Crippen LogP contribution in [0.3, 0.4) is 0 Å². The average molecular weight is 478 g/mol. The van der Waals surface area contributed by atoms with Gasteiger partial charge in [0, 0.05) is 23.2 Å². The largest absolute Gasteiger partial charge is 0.495 e. The molecule has 0 unspecified atom stereocenters. The average Bonchev–Trinajstić information content (AvgIpc) is 3.20. The zero-order valence-corrected chi connectivity index (χ0v) is 18.3. The van der Waals surface area contributed by atoms with Gasteiger partial charge in [0.1, 0.15) is 23.1 Å². The molecular weight excluding hydrogens is 461 g/mol. The topological polar surface area (TPSA) is 108 Å². The second kappa shape index (κ2) is 9.07. The Morgan fingerprint density at radius 2 is 1.97 bits per heavy atom. The summed E-state index contributed by atoms with van der Waals surface area (Å²) in [7, 11) is -2.50. The van der Waals surface area contributed by atoms with Crippen molar-refractivity contribution in [3.63, 3.8) is 0 Å². The fourth-order valence-electron chi connectivity index (χ4n) is 2.93. The number of methoxy groups -OCH3 is 1. The van der Waals surface area contributed by atoms with E-state index in [0.29, 0.717) is 17.0 Å². The van der Waals surface area contributed by atoms with Crippen molar-refractivity contribution in [2.24, 2.45) is 0 Å². The van der Waals surface area contributed by atoms with Crippen molar-refractivity contribution >= 4 is 27.3 Å². The number of nitrogens with one attached hydrogen (secondary N) is 1. The SMILES string of the molecule is COc1ccc(Cl)cc1S(=O)(=O)NCCOc1ccc2nnc(-c3cccc(F)c3)n2n1. The van der Waals surface area contributed by atoms with Crippen LogP contribution in [-0.4, -0.2) is 48.5 Å². The molecule has 0 aliphatic rings. The molecule has 0 amide bonds. The minimum Gasteiger partial charge on any atom is -0.495 e. The Labute approximate surface area is 187 Å². The highest BCUT2D eigenvalue weighted by molar-refractivity contribution is 7.89. The van der Waals surface area contributed by atoms with Gasteiger partial charge in [0.05, 0.1) is 7.11 Å². The van der Waals surface area contributed by atoms with Crippen LogP contribution in [0.25, 0.3) is 17.0 Å². The number of fused-ring (bicyclic) bond motifs is 1. The number of benzene rings is 2. The first-order valence-electron chi connectivity index (χ1n) is 9.32. The minimum atomic E-state index is -3.87. The Morgan fingerprint density at radius 1 is 1.12 bits per heavy atom. The Morgan fingerprint density at radius 3 is 2.75 bits per heavy atom. The molecular formula is C20H17ClFN5O4S. The van der Waals surface area contributed by atoms with E-state index in [1.807, 2.05) is 0 Å². The molecule has 4 aromatic rings. The first-order valence-corrected chi connectivity index (χ1v) is 11.2. The lowest BCUT2D eigenvalue weighted by atomic mass is 10.2. The van der Waals surface area contributed by atoms with Gasteiger partial charge >= 0.3 is 0 Å².